The van der Waals surface area contributed by atoms with Gasteiger partial charge in [-0.1, -0.05) is 12.8 Å². The van der Waals surface area contributed by atoms with Gasteiger partial charge < -0.3 is 15.2 Å². The molecule has 1 aliphatic carbocycles. The fourth-order valence-corrected chi connectivity index (χ4v) is 2.06. The first-order valence-electron chi connectivity index (χ1n) is 6.05. The predicted octanol–water partition coefficient (Wildman–Crippen LogP) is 2.15. The fraction of sp³-hybridized carbons (Fsp3) is 0.917. The number of ether oxygens (including phenoxy) is 1. The zero-order valence-corrected chi connectivity index (χ0v) is 10.8. The SMILES string of the molecule is CC(C)(C)OC(=O)NC1(CO)CCCCC1F. The summed E-state index contributed by atoms with van der Waals surface area (Å²) in [5.74, 6) is 0. The van der Waals surface area contributed by atoms with Crippen molar-refractivity contribution >= 4 is 6.09 Å². The number of alkyl carbamates (subject to hydrolysis) is 1. The Labute approximate surface area is 102 Å². The maximum Gasteiger partial charge on any atom is 0.408 e. The van der Waals surface area contributed by atoms with Crippen molar-refractivity contribution in [3.8, 4) is 0 Å². The number of nitrogens with one attached hydrogen (secondary N) is 1. The first kappa shape index (κ1) is 14.2. The van der Waals surface area contributed by atoms with Crippen LogP contribution in [-0.2, 0) is 4.74 Å². The van der Waals surface area contributed by atoms with Crippen LogP contribution in [0.4, 0.5) is 9.18 Å². The third kappa shape index (κ3) is 3.84. The highest BCUT2D eigenvalue weighted by Crippen LogP contribution is 2.31. The topological polar surface area (TPSA) is 58.6 Å². The molecule has 0 saturated heterocycles. The molecule has 1 fully saturated rings. The van der Waals surface area contributed by atoms with Gasteiger partial charge in [0, 0.05) is 0 Å². The van der Waals surface area contributed by atoms with Gasteiger partial charge in [-0.3, -0.25) is 0 Å². The molecule has 0 spiro atoms. The van der Waals surface area contributed by atoms with Crippen molar-refractivity contribution in [1.29, 1.82) is 0 Å². The zero-order valence-electron chi connectivity index (χ0n) is 10.8. The molecule has 5 heteroatoms. The minimum atomic E-state index is -1.21. The fourth-order valence-electron chi connectivity index (χ4n) is 2.06. The Morgan fingerprint density at radius 1 is 1.53 bits per heavy atom. The maximum absolute atomic E-state index is 13.9. The predicted molar refractivity (Wildman–Crippen MR) is 62.6 cm³/mol. The molecule has 1 saturated carbocycles. The molecule has 0 aromatic rings. The third-order valence-electron chi connectivity index (χ3n) is 2.96. The number of rotatable bonds is 2. The number of carbonyl (C=O) groups is 1. The molecule has 1 amide bonds. The van der Waals surface area contributed by atoms with Crippen molar-refractivity contribution in [3.05, 3.63) is 0 Å². The molecule has 2 N–H and O–H groups in total. The quantitative estimate of drug-likeness (QED) is 0.786. The van der Waals surface area contributed by atoms with Crippen LogP contribution in [0.15, 0.2) is 0 Å². The lowest BCUT2D eigenvalue weighted by Crippen LogP contribution is -2.59. The summed E-state index contributed by atoms with van der Waals surface area (Å²) in [6, 6.07) is 0. The van der Waals surface area contributed by atoms with E-state index in [1.165, 1.54) is 0 Å². The van der Waals surface area contributed by atoms with Crippen molar-refractivity contribution in [3.63, 3.8) is 0 Å². The molecule has 1 aliphatic rings. The Balaban J connectivity index is 2.65. The average Bonchev–Trinajstić information content (AvgIpc) is 2.19. The number of carbonyl (C=O) groups excluding carboxylic acids is 1. The van der Waals surface area contributed by atoms with Gasteiger partial charge in [0.2, 0.25) is 0 Å². The standard InChI is InChI=1S/C12H22FNO3/c1-11(2,3)17-10(16)14-12(8-15)7-5-4-6-9(12)13/h9,15H,4-8H2,1-3H3,(H,14,16). The van der Waals surface area contributed by atoms with Crippen molar-refractivity contribution in [2.45, 2.75) is 63.8 Å². The van der Waals surface area contributed by atoms with E-state index in [0.29, 0.717) is 12.8 Å². The van der Waals surface area contributed by atoms with Gasteiger partial charge in [-0.15, -0.1) is 0 Å². The molecule has 0 radical (unpaired) electrons. The molecular weight excluding hydrogens is 225 g/mol. The minimum Gasteiger partial charge on any atom is -0.444 e. The van der Waals surface area contributed by atoms with Gasteiger partial charge in [0.1, 0.15) is 11.8 Å². The van der Waals surface area contributed by atoms with Crippen molar-refractivity contribution in [1.82, 2.24) is 5.32 Å². The van der Waals surface area contributed by atoms with E-state index in [1.54, 1.807) is 20.8 Å². The molecule has 4 nitrogen and oxygen atoms in total. The monoisotopic (exact) mass is 247 g/mol. The second kappa shape index (κ2) is 5.21. The molecule has 0 aliphatic heterocycles. The lowest BCUT2D eigenvalue weighted by Gasteiger charge is -2.39. The van der Waals surface area contributed by atoms with Crippen LogP contribution in [0.2, 0.25) is 0 Å². The maximum atomic E-state index is 13.9. The van der Waals surface area contributed by atoms with Crippen molar-refractivity contribution in [2.75, 3.05) is 6.61 Å². The largest absolute Gasteiger partial charge is 0.444 e. The normalized spacial score (nSPS) is 29.8. The van der Waals surface area contributed by atoms with E-state index >= 15 is 0 Å². The van der Waals surface area contributed by atoms with Crippen LogP contribution in [-0.4, -0.2) is 35.1 Å². The molecule has 17 heavy (non-hydrogen) atoms. The molecule has 100 valence electrons. The van der Waals surface area contributed by atoms with Crippen LogP contribution in [0, 0.1) is 0 Å². The number of alkyl halides is 1. The lowest BCUT2D eigenvalue weighted by molar-refractivity contribution is 0.0108. The molecule has 0 aromatic carbocycles. The highest BCUT2D eigenvalue weighted by molar-refractivity contribution is 5.69. The number of amides is 1. The van der Waals surface area contributed by atoms with Crippen molar-refractivity contribution < 1.29 is 19.0 Å². The molecule has 0 aromatic heterocycles. The van der Waals surface area contributed by atoms with Crippen LogP contribution < -0.4 is 5.32 Å². The number of halogens is 1. The second-order valence-corrected chi connectivity index (χ2v) is 5.65. The van der Waals surface area contributed by atoms with Crippen LogP contribution in [0.25, 0.3) is 0 Å². The molecule has 0 bridgehead atoms. The van der Waals surface area contributed by atoms with Crippen LogP contribution in [0.3, 0.4) is 0 Å². The van der Waals surface area contributed by atoms with Crippen LogP contribution in [0.5, 0.6) is 0 Å². The van der Waals surface area contributed by atoms with E-state index in [2.05, 4.69) is 5.32 Å². The first-order chi connectivity index (χ1) is 7.79. The van der Waals surface area contributed by atoms with E-state index in [4.69, 9.17) is 4.74 Å². The minimum absolute atomic E-state index is 0.371. The van der Waals surface area contributed by atoms with Gasteiger partial charge in [-0.2, -0.15) is 0 Å². The van der Waals surface area contributed by atoms with Gasteiger partial charge in [-0.05, 0) is 33.6 Å². The molecule has 2 unspecified atom stereocenters. The summed E-state index contributed by atoms with van der Waals surface area (Å²) >= 11 is 0. The Kier molecular flexibility index (Phi) is 4.36. The highest BCUT2D eigenvalue weighted by atomic mass is 19.1. The van der Waals surface area contributed by atoms with Crippen LogP contribution in [0.1, 0.15) is 46.5 Å². The van der Waals surface area contributed by atoms with E-state index in [1.807, 2.05) is 0 Å². The molecule has 2 atom stereocenters. The van der Waals surface area contributed by atoms with Gasteiger partial charge in [-0.25, -0.2) is 9.18 Å². The number of aliphatic hydroxyl groups excluding tert-OH is 1. The van der Waals surface area contributed by atoms with E-state index in [0.717, 1.165) is 12.8 Å². The van der Waals surface area contributed by atoms with Gasteiger partial charge >= 0.3 is 6.09 Å². The molecular formula is C12H22FNO3. The summed E-state index contributed by atoms with van der Waals surface area (Å²) in [6.07, 6.45) is 0.528. The molecule has 1 rings (SSSR count). The van der Waals surface area contributed by atoms with E-state index in [-0.39, 0.29) is 0 Å². The average molecular weight is 247 g/mol. The van der Waals surface area contributed by atoms with Crippen molar-refractivity contribution in [2.24, 2.45) is 0 Å². The summed E-state index contributed by atoms with van der Waals surface area (Å²) in [5, 5.41) is 11.9. The first-order valence-corrected chi connectivity index (χ1v) is 6.05. The third-order valence-corrected chi connectivity index (χ3v) is 2.96. The summed E-state index contributed by atoms with van der Waals surface area (Å²) in [4.78, 5) is 11.6. The smallest absolute Gasteiger partial charge is 0.408 e. The van der Waals surface area contributed by atoms with Gasteiger partial charge in [0.15, 0.2) is 0 Å². The second-order valence-electron chi connectivity index (χ2n) is 5.65. The Hall–Kier alpha value is -0.840. The number of hydrogen-bond donors (Lipinski definition) is 2. The van der Waals surface area contributed by atoms with Gasteiger partial charge in [0.05, 0.1) is 12.1 Å². The van der Waals surface area contributed by atoms with E-state index < -0.39 is 30.0 Å². The zero-order chi connectivity index (χ0) is 13.1. The number of aliphatic hydroxyl groups is 1. The summed E-state index contributed by atoms with van der Waals surface area (Å²) in [5.41, 5.74) is -1.79. The summed E-state index contributed by atoms with van der Waals surface area (Å²) in [6.45, 7) is 4.83. The van der Waals surface area contributed by atoms with Gasteiger partial charge in [0.25, 0.3) is 0 Å². The summed E-state index contributed by atoms with van der Waals surface area (Å²) in [7, 11) is 0. The molecule has 0 heterocycles. The Morgan fingerprint density at radius 2 is 2.18 bits per heavy atom. The Bertz CT molecular complexity index is 277. The number of hydrogen-bond acceptors (Lipinski definition) is 3. The lowest BCUT2D eigenvalue weighted by atomic mass is 9.81. The van der Waals surface area contributed by atoms with E-state index in [9.17, 15) is 14.3 Å². The Morgan fingerprint density at radius 3 is 2.65 bits per heavy atom. The van der Waals surface area contributed by atoms with Crippen LogP contribution >= 0.6 is 0 Å². The summed E-state index contributed by atoms with van der Waals surface area (Å²) < 4.78 is 19.0. The highest BCUT2D eigenvalue weighted by Gasteiger charge is 2.43.